The summed E-state index contributed by atoms with van der Waals surface area (Å²) in [5.74, 6) is 1.55. The van der Waals surface area contributed by atoms with E-state index in [-0.39, 0.29) is 23.3 Å². The van der Waals surface area contributed by atoms with Gasteiger partial charge in [-0.2, -0.15) is 16.7 Å². The summed E-state index contributed by atoms with van der Waals surface area (Å²) in [5.41, 5.74) is 1.33. The summed E-state index contributed by atoms with van der Waals surface area (Å²) in [6, 6.07) is 1.12. The van der Waals surface area contributed by atoms with Gasteiger partial charge in [0, 0.05) is 41.7 Å². The Morgan fingerprint density at radius 2 is 2.17 bits per heavy atom. The smallest absolute Gasteiger partial charge is 0.338 e. The van der Waals surface area contributed by atoms with Crippen molar-refractivity contribution in [1.82, 2.24) is 15.0 Å². The van der Waals surface area contributed by atoms with Crippen LogP contribution in [0.25, 0.3) is 0 Å². The molecule has 1 aliphatic rings. The van der Waals surface area contributed by atoms with Crippen LogP contribution >= 0.6 is 11.8 Å². The number of phenolic OH excluding ortho intramolecular Hbond substituents is 1. The average molecular weight is 436 g/mol. The molecular formula is C20H25N3O6S. The number of phenols is 1. The van der Waals surface area contributed by atoms with E-state index in [0.29, 0.717) is 53.1 Å². The van der Waals surface area contributed by atoms with Crippen molar-refractivity contribution in [2.24, 2.45) is 0 Å². The maximum atomic E-state index is 12.4. The minimum atomic E-state index is -0.545. The predicted octanol–water partition coefficient (Wildman–Crippen LogP) is 2.78. The number of aromatic hydroxyl groups is 1. The minimum Gasteiger partial charge on any atom is -0.507 e. The topological polar surface area (TPSA) is 115 Å². The van der Waals surface area contributed by atoms with Gasteiger partial charge in [-0.05, 0) is 20.3 Å². The van der Waals surface area contributed by atoms with Crippen LogP contribution in [0.2, 0.25) is 0 Å². The van der Waals surface area contributed by atoms with E-state index >= 15 is 0 Å². The summed E-state index contributed by atoms with van der Waals surface area (Å²) in [5, 5.41) is 14.3. The molecule has 10 heteroatoms. The van der Waals surface area contributed by atoms with E-state index in [1.807, 2.05) is 0 Å². The van der Waals surface area contributed by atoms with Crippen molar-refractivity contribution >= 4 is 23.6 Å². The Kier molecular flexibility index (Phi) is 6.86. The highest BCUT2D eigenvalue weighted by molar-refractivity contribution is 7.98. The average Bonchev–Trinajstić information content (AvgIpc) is 3.35. The predicted molar refractivity (Wildman–Crippen MR) is 110 cm³/mol. The number of esters is 1. The maximum absolute atomic E-state index is 12.4. The molecule has 1 aromatic heterocycles. The Balaban J connectivity index is 1.84. The van der Waals surface area contributed by atoms with Crippen molar-refractivity contribution in [3.05, 3.63) is 34.5 Å². The molecule has 1 saturated heterocycles. The molecule has 1 aliphatic heterocycles. The molecule has 162 valence electrons. The molecule has 0 unspecified atom stereocenters. The summed E-state index contributed by atoms with van der Waals surface area (Å²) in [7, 11) is 2.77. The second-order valence-corrected chi connectivity index (χ2v) is 8.00. The van der Waals surface area contributed by atoms with E-state index in [9.17, 15) is 14.7 Å². The lowest BCUT2D eigenvalue weighted by molar-refractivity contribution is -0.129. The minimum absolute atomic E-state index is 0.0483. The lowest BCUT2D eigenvalue weighted by atomic mass is 10.0. The number of ether oxygens (including phenoxy) is 2. The summed E-state index contributed by atoms with van der Waals surface area (Å²) in [6.07, 6.45) is 1.29. The van der Waals surface area contributed by atoms with Crippen LogP contribution in [-0.2, 0) is 15.3 Å². The lowest BCUT2D eigenvalue weighted by Crippen LogP contribution is -2.31. The summed E-state index contributed by atoms with van der Waals surface area (Å²) < 4.78 is 15.5. The van der Waals surface area contributed by atoms with Crippen LogP contribution in [-0.4, -0.2) is 58.5 Å². The Hall–Kier alpha value is -2.75. The van der Waals surface area contributed by atoms with Gasteiger partial charge in [-0.15, -0.1) is 0 Å². The number of rotatable bonds is 8. The number of hydrogen-bond acceptors (Lipinski definition) is 9. The van der Waals surface area contributed by atoms with E-state index in [4.69, 9.17) is 14.0 Å². The Morgan fingerprint density at radius 1 is 1.40 bits per heavy atom. The first kappa shape index (κ1) is 21.9. The molecule has 1 N–H and O–H groups in total. The molecule has 0 bridgehead atoms. The fourth-order valence-electron chi connectivity index (χ4n) is 3.55. The molecule has 1 aromatic carbocycles. The van der Waals surface area contributed by atoms with Gasteiger partial charge >= 0.3 is 5.97 Å². The Bertz CT molecular complexity index is 945. The second kappa shape index (κ2) is 9.38. The van der Waals surface area contributed by atoms with Gasteiger partial charge in [0.2, 0.25) is 11.8 Å². The first-order chi connectivity index (χ1) is 14.4. The second-order valence-electron chi connectivity index (χ2n) is 6.97. The summed E-state index contributed by atoms with van der Waals surface area (Å²) in [6.45, 7) is 4.10. The monoisotopic (exact) mass is 435 g/mol. The number of nitrogens with zero attached hydrogens (tertiary/aromatic N) is 3. The Morgan fingerprint density at radius 3 is 2.73 bits per heavy atom. The zero-order chi connectivity index (χ0) is 21.8. The molecule has 30 heavy (non-hydrogen) atoms. The maximum Gasteiger partial charge on any atom is 0.338 e. The quantitative estimate of drug-likeness (QED) is 0.625. The van der Waals surface area contributed by atoms with Gasteiger partial charge in [0.25, 0.3) is 0 Å². The first-order valence-electron chi connectivity index (χ1n) is 9.52. The molecule has 0 spiro atoms. The zero-order valence-electron chi connectivity index (χ0n) is 17.4. The van der Waals surface area contributed by atoms with Crippen LogP contribution in [0.4, 0.5) is 0 Å². The Labute approximate surface area is 178 Å². The number of carbonyl (C=O) groups is 2. The number of benzene rings is 1. The van der Waals surface area contributed by atoms with Crippen molar-refractivity contribution < 1.29 is 28.7 Å². The third-order valence-electron chi connectivity index (χ3n) is 5.07. The SMILES string of the molecule is COC(=O)c1c(C)c(OC)cc(O)c1CSC[C@@H](c1nc(C)no1)N1CCCC1=O. The number of thioether (sulfide) groups is 1. The van der Waals surface area contributed by atoms with Crippen molar-refractivity contribution in [3.63, 3.8) is 0 Å². The van der Waals surface area contributed by atoms with Crippen molar-refractivity contribution in [2.45, 2.75) is 38.5 Å². The lowest BCUT2D eigenvalue weighted by Gasteiger charge is -2.24. The normalized spacial score (nSPS) is 14.8. The van der Waals surface area contributed by atoms with Gasteiger partial charge in [0.1, 0.15) is 17.5 Å². The van der Waals surface area contributed by atoms with Crippen LogP contribution in [0.15, 0.2) is 10.6 Å². The molecule has 1 atom stereocenters. The van der Waals surface area contributed by atoms with Crippen molar-refractivity contribution in [2.75, 3.05) is 26.5 Å². The zero-order valence-corrected chi connectivity index (χ0v) is 18.2. The number of amides is 1. The van der Waals surface area contributed by atoms with E-state index in [2.05, 4.69) is 10.1 Å². The standard InChI is InChI=1S/C20H25N3O6S/c1-11-16(27-3)8-15(24)13(18(11)20(26)28-4)9-30-10-14(19-21-12(2)22-29-19)23-7-5-6-17(23)25/h8,14,24H,5-7,9-10H2,1-4H3/t14-/m0/s1. The molecule has 9 nitrogen and oxygen atoms in total. The van der Waals surface area contributed by atoms with Crippen LogP contribution in [0.5, 0.6) is 11.5 Å². The molecule has 3 rings (SSSR count). The van der Waals surface area contributed by atoms with Crippen LogP contribution in [0.1, 0.15) is 52.1 Å². The number of likely N-dealkylation sites (tertiary alicyclic amines) is 1. The molecule has 0 saturated carbocycles. The van der Waals surface area contributed by atoms with E-state index in [0.717, 1.165) is 6.42 Å². The number of methoxy groups -OCH3 is 2. The fourth-order valence-corrected chi connectivity index (χ4v) is 4.71. The molecule has 0 aliphatic carbocycles. The van der Waals surface area contributed by atoms with Gasteiger partial charge in [-0.1, -0.05) is 5.16 Å². The van der Waals surface area contributed by atoms with E-state index in [1.165, 1.54) is 32.0 Å². The van der Waals surface area contributed by atoms with Gasteiger partial charge in [-0.25, -0.2) is 4.79 Å². The number of hydrogen-bond donors (Lipinski definition) is 1. The van der Waals surface area contributed by atoms with Crippen LogP contribution < -0.4 is 4.74 Å². The summed E-state index contributed by atoms with van der Waals surface area (Å²) >= 11 is 1.46. The van der Waals surface area contributed by atoms with Crippen LogP contribution in [0.3, 0.4) is 0 Å². The molecule has 1 amide bonds. The molecule has 2 heterocycles. The number of carbonyl (C=O) groups excluding carboxylic acids is 2. The van der Waals surface area contributed by atoms with Gasteiger partial charge in [0.05, 0.1) is 19.8 Å². The van der Waals surface area contributed by atoms with Crippen molar-refractivity contribution in [1.29, 1.82) is 0 Å². The highest BCUT2D eigenvalue weighted by Gasteiger charge is 2.33. The first-order valence-corrected chi connectivity index (χ1v) is 10.7. The molecule has 0 radical (unpaired) electrons. The highest BCUT2D eigenvalue weighted by atomic mass is 32.2. The van der Waals surface area contributed by atoms with Gasteiger partial charge in [-0.3, -0.25) is 4.79 Å². The van der Waals surface area contributed by atoms with Gasteiger partial charge in [0.15, 0.2) is 5.82 Å². The molecular weight excluding hydrogens is 410 g/mol. The van der Waals surface area contributed by atoms with Crippen molar-refractivity contribution in [3.8, 4) is 11.5 Å². The largest absolute Gasteiger partial charge is 0.507 e. The third-order valence-corrected chi connectivity index (χ3v) is 6.11. The third kappa shape index (κ3) is 4.38. The van der Waals surface area contributed by atoms with E-state index < -0.39 is 5.97 Å². The molecule has 2 aromatic rings. The fraction of sp³-hybridized carbons (Fsp3) is 0.500. The summed E-state index contributed by atoms with van der Waals surface area (Å²) in [4.78, 5) is 30.7. The highest BCUT2D eigenvalue weighted by Crippen LogP contribution is 2.37. The van der Waals surface area contributed by atoms with Gasteiger partial charge < -0.3 is 24.0 Å². The number of aryl methyl sites for hydroxylation is 1. The van der Waals surface area contributed by atoms with Crippen LogP contribution in [0, 0.1) is 13.8 Å². The number of aromatic nitrogens is 2. The van der Waals surface area contributed by atoms with E-state index in [1.54, 1.807) is 18.7 Å². The molecule has 1 fully saturated rings.